The zero-order valence-corrected chi connectivity index (χ0v) is 16.2. The summed E-state index contributed by atoms with van der Waals surface area (Å²) in [5.74, 6) is 1.58. The standard InChI is InChI=1S/C22H27N5/c1-4-27(5-2)19-11-12-20(17(3)13-19)26-22-14-21(24-16-25-22)23-15-18-9-7-6-8-10-18/h6-14,16H,4-5,15H2,1-3H3,(H2,23,24,25,26). The number of nitrogens with one attached hydrogen (secondary N) is 2. The van der Waals surface area contributed by atoms with E-state index in [0.29, 0.717) is 0 Å². The second-order valence-corrected chi connectivity index (χ2v) is 6.42. The van der Waals surface area contributed by atoms with Gasteiger partial charge in [0.05, 0.1) is 0 Å². The van der Waals surface area contributed by atoms with Gasteiger partial charge in [-0.15, -0.1) is 0 Å². The average molecular weight is 361 g/mol. The lowest BCUT2D eigenvalue weighted by molar-refractivity contribution is 0.866. The maximum absolute atomic E-state index is 4.35. The first kappa shape index (κ1) is 18.7. The Hall–Kier alpha value is -3.08. The van der Waals surface area contributed by atoms with Gasteiger partial charge in [-0.05, 0) is 50.1 Å². The maximum atomic E-state index is 4.35. The molecule has 2 aromatic carbocycles. The molecule has 3 aromatic rings. The predicted octanol–water partition coefficient (Wildman–Crippen LogP) is 4.99. The van der Waals surface area contributed by atoms with E-state index < -0.39 is 0 Å². The van der Waals surface area contributed by atoms with Gasteiger partial charge in [-0.25, -0.2) is 9.97 Å². The largest absolute Gasteiger partial charge is 0.372 e. The number of aromatic nitrogens is 2. The molecule has 1 aromatic heterocycles. The van der Waals surface area contributed by atoms with Crippen LogP contribution in [0.3, 0.4) is 0 Å². The fourth-order valence-electron chi connectivity index (χ4n) is 3.02. The van der Waals surface area contributed by atoms with Crippen molar-refractivity contribution in [2.75, 3.05) is 28.6 Å². The van der Waals surface area contributed by atoms with Crippen LogP contribution in [0.4, 0.5) is 23.0 Å². The Balaban J connectivity index is 1.69. The highest BCUT2D eigenvalue weighted by atomic mass is 15.1. The summed E-state index contributed by atoms with van der Waals surface area (Å²) in [7, 11) is 0. The molecule has 1 heterocycles. The van der Waals surface area contributed by atoms with E-state index in [9.17, 15) is 0 Å². The molecule has 27 heavy (non-hydrogen) atoms. The molecule has 0 aliphatic heterocycles. The Kier molecular flexibility index (Phi) is 6.26. The molecule has 0 radical (unpaired) electrons. The Labute approximate surface area is 161 Å². The molecule has 0 amide bonds. The van der Waals surface area contributed by atoms with E-state index in [1.807, 2.05) is 24.3 Å². The topological polar surface area (TPSA) is 53.1 Å². The molecule has 0 fully saturated rings. The fraction of sp³-hybridized carbons (Fsp3) is 0.273. The van der Waals surface area contributed by atoms with Crippen molar-refractivity contribution in [2.24, 2.45) is 0 Å². The normalized spacial score (nSPS) is 10.5. The molecule has 0 spiro atoms. The van der Waals surface area contributed by atoms with Crippen LogP contribution in [0.15, 0.2) is 60.9 Å². The summed E-state index contributed by atoms with van der Waals surface area (Å²) in [4.78, 5) is 11.0. The van der Waals surface area contributed by atoms with Crippen molar-refractivity contribution >= 4 is 23.0 Å². The molecule has 5 nitrogen and oxygen atoms in total. The molecule has 0 bridgehead atoms. The molecule has 2 N–H and O–H groups in total. The van der Waals surface area contributed by atoms with Crippen molar-refractivity contribution in [1.29, 1.82) is 0 Å². The van der Waals surface area contributed by atoms with Gasteiger partial charge in [0.1, 0.15) is 18.0 Å². The van der Waals surface area contributed by atoms with Crippen molar-refractivity contribution in [3.63, 3.8) is 0 Å². The predicted molar refractivity (Wildman–Crippen MR) is 114 cm³/mol. The molecule has 0 atom stereocenters. The van der Waals surface area contributed by atoms with Gasteiger partial charge in [-0.1, -0.05) is 30.3 Å². The highest BCUT2D eigenvalue weighted by Crippen LogP contribution is 2.25. The van der Waals surface area contributed by atoms with Gasteiger partial charge in [0, 0.05) is 37.1 Å². The number of rotatable bonds is 8. The highest BCUT2D eigenvalue weighted by molar-refractivity contribution is 5.66. The van der Waals surface area contributed by atoms with E-state index in [2.05, 4.69) is 76.6 Å². The third-order valence-corrected chi connectivity index (χ3v) is 4.58. The minimum absolute atomic E-state index is 0.731. The Bertz CT molecular complexity index is 860. The lowest BCUT2D eigenvalue weighted by Crippen LogP contribution is -2.21. The number of hydrogen-bond acceptors (Lipinski definition) is 5. The summed E-state index contributed by atoms with van der Waals surface area (Å²) in [5.41, 5.74) is 4.71. The van der Waals surface area contributed by atoms with E-state index in [-0.39, 0.29) is 0 Å². The Morgan fingerprint density at radius 3 is 2.33 bits per heavy atom. The van der Waals surface area contributed by atoms with E-state index in [0.717, 1.165) is 37.0 Å². The second-order valence-electron chi connectivity index (χ2n) is 6.42. The minimum atomic E-state index is 0.731. The second kappa shape index (κ2) is 9.03. The van der Waals surface area contributed by atoms with E-state index in [1.54, 1.807) is 6.33 Å². The van der Waals surface area contributed by atoms with E-state index in [4.69, 9.17) is 0 Å². The highest BCUT2D eigenvalue weighted by Gasteiger charge is 2.06. The summed E-state index contributed by atoms with van der Waals surface area (Å²) in [5, 5.41) is 6.75. The zero-order valence-electron chi connectivity index (χ0n) is 16.2. The third kappa shape index (κ3) is 4.97. The van der Waals surface area contributed by atoms with E-state index >= 15 is 0 Å². The molecule has 3 rings (SSSR count). The SMILES string of the molecule is CCN(CC)c1ccc(Nc2cc(NCc3ccccc3)ncn2)c(C)c1. The van der Waals surface area contributed by atoms with Crippen LogP contribution < -0.4 is 15.5 Å². The van der Waals surface area contributed by atoms with Crippen LogP contribution in [-0.4, -0.2) is 23.1 Å². The fourth-order valence-corrected chi connectivity index (χ4v) is 3.02. The van der Waals surface area contributed by atoms with Gasteiger partial charge < -0.3 is 15.5 Å². The molecule has 0 aliphatic rings. The Morgan fingerprint density at radius 2 is 1.63 bits per heavy atom. The molecular weight excluding hydrogens is 334 g/mol. The number of aryl methyl sites for hydroxylation is 1. The van der Waals surface area contributed by atoms with Crippen LogP contribution >= 0.6 is 0 Å². The van der Waals surface area contributed by atoms with Gasteiger partial charge in [0.15, 0.2) is 0 Å². The smallest absolute Gasteiger partial charge is 0.135 e. The van der Waals surface area contributed by atoms with Gasteiger partial charge in [-0.2, -0.15) is 0 Å². The van der Waals surface area contributed by atoms with E-state index in [1.165, 1.54) is 16.8 Å². The summed E-state index contributed by atoms with van der Waals surface area (Å²) < 4.78 is 0. The van der Waals surface area contributed by atoms with Crippen molar-refractivity contribution in [3.8, 4) is 0 Å². The molecule has 140 valence electrons. The number of nitrogens with zero attached hydrogens (tertiary/aromatic N) is 3. The van der Waals surface area contributed by atoms with Gasteiger partial charge in [0.25, 0.3) is 0 Å². The van der Waals surface area contributed by atoms with Crippen LogP contribution in [0.5, 0.6) is 0 Å². The first-order chi connectivity index (χ1) is 13.2. The first-order valence-electron chi connectivity index (χ1n) is 9.42. The number of benzene rings is 2. The van der Waals surface area contributed by atoms with Crippen molar-refractivity contribution in [2.45, 2.75) is 27.3 Å². The zero-order chi connectivity index (χ0) is 19.1. The van der Waals surface area contributed by atoms with Gasteiger partial charge in [-0.3, -0.25) is 0 Å². The van der Waals surface area contributed by atoms with Gasteiger partial charge in [0.2, 0.25) is 0 Å². The summed E-state index contributed by atoms with van der Waals surface area (Å²) in [6, 6.07) is 18.7. The Morgan fingerprint density at radius 1 is 0.889 bits per heavy atom. The molecule has 0 unspecified atom stereocenters. The van der Waals surface area contributed by atoms with Crippen molar-refractivity contribution < 1.29 is 0 Å². The summed E-state index contributed by atoms with van der Waals surface area (Å²) in [6.45, 7) is 9.21. The molecule has 0 saturated heterocycles. The van der Waals surface area contributed by atoms with Crippen LogP contribution in [-0.2, 0) is 6.54 Å². The quantitative estimate of drug-likeness (QED) is 0.592. The first-order valence-corrected chi connectivity index (χ1v) is 9.42. The van der Waals surface area contributed by atoms with Crippen LogP contribution in [0.2, 0.25) is 0 Å². The lowest BCUT2D eigenvalue weighted by Gasteiger charge is -2.22. The summed E-state index contributed by atoms with van der Waals surface area (Å²) >= 11 is 0. The minimum Gasteiger partial charge on any atom is -0.372 e. The average Bonchev–Trinajstić information content (AvgIpc) is 2.70. The summed E-state index contributed by atoms with van der Waals surface area (Å²) in [6.07, 6.45) is 1.58. The molecule has 0 aliphatic carbocycles. The van der Waals surface area contributed by atoms with Crippen LogP contribution in [0.1, 0.15) is 25.0 Å². The van der Waals surface area contributed by atoms with Gasteiger partial charge >= 0.3 is 0 Å². The molecular formula is C22H27N5. The van der Waals surface area contributed by atoms with Crippen molar-refractivity contribution in [3.05, 3.63) is 72.1 Å². The molecule has 5 heteroatoms. The molecule has 0 saturated carbocycles. The lowest BCUT2D eigenvalue weighted by atomic mass is 10.1. The van der Waals surface area contributed by atoms with Crippen molar-refractivity contribution in [1.82, 2.24) is 9.97 Å². The number of anilines is 4. The third-order valence-electron chi connectivity index (χ3n) is 4.58. The maximum Gasteiger partial charge on any atom is 0.135 e. The van der Waals surface area contributed by atoms with Crippen LogP contribution in [0, 0.1) is 6.92 Å². The monoisotopic (exact) mass is 361 g/mol. The number of hydrogen-bond donors (Lipinski definition) is 2. The van der Waals surface area contributed by atoms with Crippen LogP contribution in [0.25, 0.3) is 0 Å².